The van der Waals surface area contributed by atoms with Crippen LogP contribution in [0.15, 0.2) is 12.2 Å². The van der Waals surface area contributed by atoms with Crippen LogP contribution in [-0.4, -0.2) is 59.9 Å². The SMILES string of the molecule is CCCCCCCC/C=C\CCCCCCCC(=O)OC[C@H](COP(=O)(O)OC[C@H](N)C(=O)O)OC(=O)CCCCCCCCCCCCCCC. The van der Waals surface area contributed by atoms with E-state index in [2.05, 4.69) is 30.5 Å². The summed E-state index contributed by atoms with van der Waals surface area (Å²) in [6.45, 7) is 2.79. The summed E-state index contributed by atoms with van der Waals surface area (Å²) in [4.78, 5) is 45.8. The molecule has 0 aliphatic carbocycles. The van der Waals surface area contributed by atoms with Crippen LogP contribution in [-0.2, 0) is 37.5 Å². The molecular formula is C40H76NO10P. The van der Waals surface area contributed by atoms with Gasteiger partial charge in [0.15, 0.2) is 6.10 Å². The minimum absolute atomic E-state index is 0.165. The number of aliphatic carboxylic acids is 1. The zero-order valence-corrected chi connectivity index (χ0v) is 33.8. The van der Waals surface area contributed by atoms with Gasteiger partial charge in [-0.05, 0) is 38.5 Å². The van der Waals surface area contributed by atoms with Crippen LogP contribution in [0, 0.1) is 0 Å². The molecule has 0 saturated heterocycles. The van der Waals surface area contributed by atoms with E-state index < -0.39 is 51.1 Å². The molecule has 0 aromatic carbocycles. The Labute approximate surface area is 316 Å². The van der Waals surface area contributed by atoms with Crippen molar-refractivity contribution in [1.82, 2.24) is 0 Å². The van der Waals surface area contributed by atoms with Gasteiger partial charge in [0.1, 0.15) is 12.6 Å². The van der Waals surface area contributed by atoms with Crippen LogP contribution in [0.1, 0.15) is 194 Å². The number of nitrogens with two attached hydrogens (primary N) is 1. The van der Waals surface area contributed by atoms with Crippen LogP contribution in [0.3, 0.4) is 0 Å². The first-order valence-corrected chi connectivity index (χ1v) is 22.2. The Morgan fingerprint density at radius 3 is 1.40 bits per heavy atom. The molecule has 3 atom stereocenters. The van der Waals surface area contributed by atoms with Gasteiger partial charge in [0.25, 0.3) is 0 Å². The molecule has 0 aliphatic heterocycles. The first kappa shape index (κ1) is 50.2. The van der Waals surface area contributed by atoms with E-state index in [4.69, 9.17) is 24.8 Å². The van der Waals surface area contributed by atoms with E-state index in [1.54, 1.807) is 0 Å². The Hall–Kier alpha value is -1.78. The normalized spacial score (nSPS) is 13.9. The van der Waals surface area contributed by atoms with E-state index in [9.17, 15) is 23.8 Å². The first-order chi connectivity index (χ1) is 25.1. The molecule has 4 N–H and O–H groups in total. The number of hydrogen-bond acceptors (Lipinski definition) is 9. The van der Waals surface area contributed by atoms with E-state index in [1.165, 1.54) is 96.3 Å². The van der Waals surface area contributed by atoms with E-state index in [-0.39, 0.29) is 19.4 Å². The Morgan fingerprint density at radius 1 is 0.577 bits per heavy atom. The van der Waals surface area contributed by atoms with Crippen LogP contribution >= 0.6 is 7.82 Å². The van der Waals surface area contributed by atoms with Crippen LogP contribution in [0.25, 0.3) is 0 Å². The van der Waals surface area contributed by atoms with Crippen LogP contribution in [0.2, 0.25) is 0 Å². The molecule has 306 valence electrons. The highest BCUT2D eigenvalue weighted by Crippen LogP contribution is 2.43. The van der Waals surface area contributed by atoms with Crippen molar-refractivity contribution in [2.24, 2.45) is 5.73 Å². The maximum atomic E-state index is 12.6. The van der Waals surface area contributed by atoms with Gasteiger partial charge in [0.2, 0.25) is 0 Å². The minimum Gasteiger partial charge on any atom is -0.480 e. The highest BCUT2D eigenvalue weighted by atomic mass is 31.2. The van der Waals surface area contributed by atoms with Crippen LogP contribution in [0.4, 0.5) is 0 Å². The number of unbranched alkanes of at least 4 members (excludes halogenated alkanes) is 23. The number of rotatable bonds is 39. The number of carbonyl (C=O) groups excluding carboxylic acids is 2. The second kappa shape index (κ2) is 36.2. The molecule has 0 saturated carbocycles. The Balaban J connectivity index is 4.38. The van der Waals surface area contributed by atoms with Crippen molar-refractivity contribution in [3.63, 3.8) is 0 Å². The molecule has 0 radical (unpaired) electrons. The lowest BCUT2D eigenvalue weighted by molar-refractivity contribution is -0.161. The molecule has 52 heavy (non-hydrogen) atoms. The molecule has 0 rings (SSSR count). The Kier molecular flexibility index (Phi) is 35.0. The summed E-state index contributed by atoms with van der Waals surface area (Å²) < 4.78 is 32.6. The van der Waals surface area contributed by atoms with Gasteiger partial charge in [-0.15, -0.1) is 0 Å². The average Bonchev–Trinajstić information content (AvgIpc) is 3.12. The van der Waals surface area contributed by atoms with Gasteiger partial charge in [-0.3, -0.25) is 23.4 Å². The predicted molar refractivity (Wildman–Crippen MR) is 208 cm³/mol. The molecule has 0 aromatic rings. The third-order valence-corrected chi connectivity index (χ3v) is 9.96. The number of carboxylic acid groups (broad SMARTS) is 1. The summed E-state index contributed by atoms with van der Waals surface area (Å²) >= 11 is 0. The van der Waals surface area contributed by atoms with Gasteiger partial charge < -0.3 is 25.2 Å². The van der Waals surface area contributed by atoms with Crippen molar-refractivity contribution >= 4 is 25.7 Å². The monoisotopic (exact) mass is 762 g/mol. The molecule has 0 bridgehead atoms. The van der Waals surface area contributed by atoms with E-state index in [0.29, 0.717) is 12.8 Å². The lowest BCUT2D eigenvalue weighted by Crippen LogP contribution is -2.34. The van der Waals surface area contributed by atoms with Crippen LogP contribution in [0.5, 0.6) is 0 Å². The first-order valence-electron chi connectivity index (χ1n) is 20.7. The zero-order valence-electron chi connectivity index (χ0n) is 32.9. The standard InChI is InChI=1S/C40H76NO10P/c1-3-5-7-9-11-13-15-17-18-20-21-23-25-27-29-31-38(42)48-33-36(34-49-52(46,47)50-35-37(41)40(44)45)51-39(43)32-30-28-26-24-22-19-16-14-12-10-8-6-4-2/h17-18,36-37H,3-16,19-35,41H2,1-2H3,(H,44,45)(H,46,47)/b18-17-/t36-,37+/m1/s1. The maximum absolute atomic E-state index is 12.6. The Morgan fingerprint density at radius 2 is 0.962 bits per heavy atom. The molecule has 11 nitrogen and oxygen atoms in total. The van der Waals surface area contributed by atoms with Gasteiger partial charge in [-0.25, -0.2) is 4.57 Å². The maximum Gasteiger partial charge on any atom is 0.472 e. The van der Waals surface area contributed by atoms with Gasteiger partial charge in [-0.1, -0.05) is 154 Å². The minimum atomic E-state index is -4.71. The molecule has 0 heterocycles. The fraction of sp³-hybridized carbons (Fsp3) is 0.875. The summed E-state index contributed by atoms with van der Waals surface area (Å²) in [5, 5.41) is 8.87. The third-order valence-electron chi connectivity index (χ3n) is 9.01. The number of hydrogen-bond donors (Lipinski definition) is 3. The molecule has 0 fully saturated rings. The number of carboxylic acids is 1. The summed E-state index contributed by atoms with van der Waals surface area (Å²) in [7, 11) is -4.71. The second-order valence-corrected chi connectivity index (χ2v) is 15.6. The molecule has 0 aliphatic rings. The molecular weight excluding hydrogens is 685 g/mol. The molecule has 0 aromatic heterocycles. The summed E-state index contributed by atoms with van der Waals surface area (Å²) in [6, 6.07) is -1.52. The Bertz CT molecular complexity index is 947. The van der Waals surface area contributed by atoms with Crippen molar-refractivity contribution in [3.8, 4) is 0 Å². The summed E-state index contributed by atoms with van der Waals surface area (Å²) in [6.07, 6.45) is 34.2. The topological polar surface area (TPSA) is 172 Å². The molecule has 0 amide bonds. The van der Waals surface area contributed by atoms with Crippen molar-refractivity contribution in [3.05, 3.63) is 12.2 Å². The average molecular weight is 762 g/mol. The fourth-order valence-electron chi connectivity index (χ4n) is 5.71. The second-order valence-electron chi connectivity index (χ2n) is 14.1. The van der Waals surface area contributed by atoms with E-state index in [0.717, 1.165) is 57.8 Å². The van der Waals surface area contributed by atoms with Gasteiger partial charge in [0.05, 0.1) is 13.2 Å². The lowest BCUT2D eigenvalue weighted by Gasteiger charge is -2.20. The van der Waals surface area contributed by atoms with Crippen molar-refractivity contribution in [2.75, 3.05) is 19.8 Å². The van der Waals surface area contributed by atoms with Crippen molar-refractivity contribution < 1.29 is 47.5 Å². The number of esters is 2. The quantitative estimate of drug-likeness (QED) is 0.0235. The highest BCUT2D eigenvalue weighted by Gasteiger charge is 2.28. The highest BCUT2D eigenvalue weighted by molar-refractivity contribution is 7.47. The predicted octanol–water partition coefficient (Wildman–Crippen LogP) is 10.5. The smallest absolute Gasteiger partial charge is 0.472 e. The third kappa shape index (κ3) is 35.3. The molecule has 12 heteroatoms. The number of carbonyl (C=O) groups is 3. The van der Waals surface area contributed by atoms with Crippen molar-refractivity contribution in [2.45, 2.75) is 206 Å². The fourth-order valence-corrected chi connectivity index (χ4v) is 6.48. The number of phosphoric acid groups is 1. The van der Waals surface area contributed by atoms with E-state index in [1.807, 2.05) is 0 Å². The molecule has 0 spiro atoms. The summed E-state index contributed by atoms with van der Waals surface area (Å²) in [5.41, 5.74) is 5.32. The largest absolute Gasteiger partial charge is 0.480 e. The van der Waals surface area contributed by atoms with Gasteiger partial charge in [0, 0.05) is 12.8 Å². The number of ether oxygens (including phenoxy) is 2. The number of allylic oxidation sites excluding steroid dienone is 2. The van der Waals surface area contributed by atoms with Crippen LogP contribution < -0.4 is 5.73 Å². The van der Waals surface area contributed by atoms with Gasteiger partial charge >= 0.3 is 25.7 Å². The lowest BCUT2D eigenvalue weighted by atomic mass is 10.0. The van der Waals surface area contributed by atoms with Gasteiger partial charge in [-0.2, -0.15) is 0 Å². The zero-order chi connectivity index (χ0) is 38.5. The van der Waals surface area contributed by atoms with Crippen molar-refractivity contribution in [1.29, 1.82) is 0 Å². The van der Waals surface area contributed by atoms with E-state index >= 15 is 0 Å². The molecule has 1 unspecified atom stereocenters. The number of phosphoric ester groups is 1. The summed E-state index contributed by atoms with van der Waals surface area (Å²) in [5.74, 6) is -2.38.